The highest BCUT2D eigenvalue weighted by Gasteiger charge is 2.33. The number of nitrogen functional groups attached to an aromatic ring is 2. The molecule has 34 heavy (non-hydrogen) atoms. The summed E-state index contributed by atoms with van der Waals surface area (Å²) in [6.07, 6.45) is 0.884. The molecule has 0 saturated heterocycles. The molecule has 4 aromatic rings. The molecule has 0 radical (unpaired) electrons. The summed E-state index contributed by atoms with van der Waals surface area (Å²) in [5, 5.41) is 6.11. The second-order valence-corrected chi connectivity index (χ2v) is 7.27. The van der Waals surface area contributed by atoms with Crippen LogP contribution in [0.5, 0.6) is 0 Å². The van der Waals surface area contributed by atoms with Gasteiger partial charge in [0.05, 0.1) is 18.1 Å². The van der Waals surface area contributed by atoms with E-state index >= 15 is 0 Å². The van der Waals surface area contributed by atoms with Gasteiger partial charge in [0.15, 0.2) is 23.1 Å². The third-order valence-corrected chi connectivity index (χ3v) is 4.74. The Morgan fingerprint density at radius 3 is 2.32 bits per heavy atom. The quantitative estimate of drug-likeness (QED) is 0.375. The number of carbonyl (C=O) groups excluding carboxylic acids is 1. The van der Waals surface area contributed by atoms with E-state index in [1.54, 1.807) is 0 Å². The number of benzene rings is 1. The number of fused-ring (bicyclic) bond motifs is 1. The molecule has 0 fully saturated rings. The van der Waals surface area contributed by atoms with E-state index in [9.17, 15) is 26.7 Å². The van der Waals surface area contributed by atoms with Gasteiger partial charge in [-0.1, -0.05) is 6.07 Å². The predicted octanol–water partition coefficient (Wildman–Crippen LogP) is 3.11. The molecule has 9 nitrogen and oxygen atoms in total. The minimum Gasteiger partial charge on any atom is -0.382 e. The number of aromatic nitrogens is 5. The maximum Gasteiger partial charge on any atom is 0.322 e. The number of carbonyl (C=O) groups is 1. The summed E-state index contributed by atoms with van der Waals surface area (Å²) in [6, 6.07) is 4.37. The van der Waals surface area contributed by atoms with Gasteiger partial charge in [-0.3, -0.25) is 4.79 Å². The molecule has 1 aromatic carbocycles. The maximum absolute atomic E-state index is 14.2. The van der Waals surface area contributed by atoms with Crippen LogP contribution in [0, 0.1) is 17.5 Å². The van der Waals surface area contributed by atoms with Gasteiger partial charge >= 0.3 is 5.92 Å². The lowest BCUT2D eigenvalue weighted by Crippen LogP contribution is -2.32. The van der Waals surface area contributed by atoms with Gasteiger partial charge in [0.25, 0.3) is 5.91 Å². The molecule has 3 heterocycles. The van der Waals surface area contributed by atoms with Gasteiger partial charge in [-0.05, 0) is 18.2 Å². The van der Waals surface area contributed by atoms with Gasteiger partial charge in [-0.15, -0.1) is 0 Å². The summed E-state index contributed by atoms with van der Waals surface area (Å²) in [6.45, 7) is -0.0268. The Hall–Kier alpha value is -4.36. The fourth-order valence-electron chi connectivity index (χ4n) is 3.10. The summed E-state index contributed by atoms with van der Waals surface area (Å²) in [4.78, 5) is 23.4. The minimum absolute atomic E-state index is 0.0443. The van der Waals surface area contributed by atoms with Crippen LogP contribution >= 0.6 is 0 Å². The van der Waals surface area contributed by atoms with Gasteiger partial charge < -0.3 is 16.8 Å². The Bertz CT molecular complexity index is 1390. The van der Waals surface area contributed by atoms with E-state index in [0.717, 1.165) is 29.1 Å². The molecule has 3 aromatic heterocycles. The van der Waals surface area contributed by atoms with Crippen molar-refractivity contribution in [1.29, 1.82) is 0 Å². The van der Waals surface area contributed by atoms with Gasteiger partial charge in [0.2, 0.25) is 0 Å². The topological polar surface area (TPSA) is 138 Å². The van der Waals surface area contributed by atoms with Crippen LogP contribution < -0.4 is 16.8 Å². The van der Waals surface area contributed by atoms with Crippen LogP contribution in [0.3, 0.4) is 0 Å². The van der Waals surface area contributed by atoms with Crippen LogP contribution in [0.2, 0.25) is 0 Å². The number of pyridine rings is 1. The first kappa shape index (κ1) is 22.8. The first-order chi connectivity index (χ1) is 16.0. The average Bonchev–Trinajstić information content (AvgIpc) is 3.10. The van der Waals surface area contributed by atoms with Crippen LogP contribution in [-0.4, -0.2) is 36.6 Å². The van der Waals surface area contributed by atoms with Crippen LogP contribution in [0.4, 0.5) is 39.3 Å². The van der Waals surface area contributed by atoms with Crippen LogP contribution in [0.1, 0.15) is 12.5 Å². The monoisotopic (exact) mass is 478 g/mol. The molecule has 0 aliphatic carbocycles. The van der Waals surface area contributed by atoms with Crippen molar-refractivity contribution in [1.82, 2.24) is 24.7 Å². The molecule has 14 heteroatoms. The lowest BCUT2D eigenvalue weighted by Gasteiger charge is -2.14. The number of anilines is 3. The normalized spacial score (nSPS) is 11.7. The highest BCUT2D eigenvalue weighted by molar-refractivity contribution is 6.00. The number of amides is 1. The molecule has 0 bridgehead atoms. The number of hydrogen-bond acceptors (Lipinski definition) is 7. The summed E-state index contributed by atoms with van der Waals surface area (Å²) < 4.78 is 69.8. The van der Waals surface area contributed by atoms with Gasteiger partial charge in [-0.2, -0.15) is 13.9 Å². The van der Waals surface area contributed by atoms with Crippen LogP contribution in [-0.2, 0) is 11.3 Å². The van der Waals surface area contributed by atoms with Crippen molar-refractivity contribution in [2.45, 2.75) is 19.4 Å². The van der Waals surface area contributed by atoms with Crippen molar-refractivity contribution in [3.05, 3.63) is 53.5 Å². The Balaban J connectivity index is 1.82. The summed E-state index contributed by atoms with van der Waals surface area (Å²) in [5.74, 6) is -9.01. The summed E-state index contributed by atoms with van der Waals surface area (Å²) in [7, 11) is 0. The van der Waals surface area contributed by atoms with E-state index < -0.39 is 53.1 Å². The molecule has 0 atom stereocenters. The zero-order valence-electron chi connectivity index (χ0n) is 17.3. The molecule has 0 saturated carbocycles. The standard InChI is InChI=1S/C20H15F5N8O/c1-20(24,25)19(34)29-14-15(26)30-17(31-16(14)27)13-9-5-8(21)6-28-18(9)33(32-13)7-10-11(22)3-2-4-12(10)23/h2-6H,7H2,1H3,(H,29,34)(H4,26,27,30,31). The largest absolute Gasteiger partial charge is 0.382 e. The fourth-order valence-corrected chi connectivity index (χ4v) is 3.10. The summed E-state index contributed by atoms with van der Waals surface area (Å²) >= 11 is 0. The number of hydrogen-bond donors (Lipinski definition) is 3. The highest BCUT2D eigenvalue weighted by Crippen LogP contribution is 2.31. The number of nitrogens with one attached hydrogen (secondary N) is 1. The van der Waals surface area contributed by atoms with Crippen molar-refractivity contribution in [2.75, 3.05) is 16.8 Å². The number of halogens is 5. The minimum atomic E-state index is -3.72. The van der Waals surface area contributed by atoms with E-state index in [2.05, 4.69) is 20.1 Å². The number of alkyl halides is 2. The van der Waals surface area contributed by atoms with E-state index in [-0.39, 0.29) is 28.1 Å². The molecule has 0 spiro atoms. The molecule has 1 amide bonds. The second-order valence-electron chi connectivity index (χ2n) is 7.27. The van der Waals surface area contributed by atoms with Crippen molar-refractivity contribution in [3.8, 4) is 11.5 Å². The maximum atomic E-state index is 14.2. The van der Waals surface area contributed by atoms with E-state index in [4.69, 9.17) is 11.5 Å². The Kier molecular flexibility index (Phi) is 5.51. The molecular formula is C20H15F5N8O. The summed E-state index contributed by atoms with van der Waals surface area (Å²) in [5.41, 5.74) is 10.7. The fraction of sp³-hybridized carbons (Fsp3) is 0.150. The highest BCUT2D eigenvalue weighted by atomic mass is 19.3. The molecule has 0 unspecified atom stereocenters. The van der Waals surface area contributed by atoms with E-state index in [1.807, 2.05) is 5.32 Å². The molecule has 4 rings (SSSR count). The molecule has 176 valence electrons. The van der Waals surface area contributed by atoms with Gasteiger partial charge in [0, 0.05) is 12.5 Å². The molecule has 5 N–H and O–H groups in total. The average molecular weight is 478 g/mol. The Morgan fingerprint density at radius 2 is 1.74 bits per heavy atom. The Labute approximate surface area is 187 Å². The number of nitrogens with two attached hydrogens (primary N) is 2. The van der Waals surface area contributed by atoms with Crippen molar-refractivity contribution < 1.29 is 26.7 Å². The van der Waals surface area contributed by atoms with E-state index in [1.165, 1.54) is 6.07 Å². The lowest BCUT2D eigenvalue weighted by atomic mass is 10.2. The second kappa shape index (κ2) is 8.20. The Morgan fingerprint density at radius 1 is 1.12 bits per heavy atom. The first-order valence-electron chi connectivity index (χ1n) is 9.53. The van der Waals surface area contributed by atoms with Gasteiger partial charge in [-0.25, -0.2) is 32.8 Å². The zero-order valence-corrected chi connectivity index (χ0v) is 17.3. The van der Waals surface area contributed by atoms with Crippen molar-refractivity contribution >= 4 is 34.3 Å². The lowest BCUT2D eigenvalue weighted by molar-refractivity contribution is -0.137. The number of nitrogens with zero attached hydrogens (tertiary/aromatic N) is 5. The van der Waals surface area contributed by atoms with Crippen LogP contribution in [0.25, 0.3) is 22.6 Å². The smallest absolute Gasteiger partial charge is 0.322 e. The molecule has 0 aliphatic heterocycles. The first-order valence-corrected chi connectivity index (χ1v) is 9.53. The van der Waals surface area contributed by atoms with Crippen molar-refractivity contribution in [2.24, 2.45) is 0 Å². The van der Waals surface area contributed by atoms with E-state index in [0.29, 0.717) is 6.92 Å². The zero-order chi connectivity index (χ0) is 24.8. The van der Waals surface area contributed by atoms with Crippen LogP contribution in [0.15, 0.2) is 30.5 Å². The van der Waals surface area contributed by atoms with Crippen molar-refractivity contribution in [3.63, 3.8) is 0 Å². The SMILES string of the molecule is CC(F)(F)C(=O)Nc1c(N)nc(-c2nn(Cc3c(F)cccc3F)c3ncc(F)cc23)nc1N. The molecule has 0 aliphatic rings. The number of rotatable bonds is 5. The molecular weight excluding hydrogens is 463 g/mol. The predicted molar refractivity (Wildman–Crippen MR) is 112 cm³/mol. The third kappa shape index (κ3) is 4.16. The third-order valence-electron chi connectivity index (χ3n) is 4.74. The van der Waals surface area contributed by atoms with Gasteiger partial charge in [0.1, 0.15) is 28.8 Å².